The van der Waals surface area contributed by atoms with E-state index in [0.29, 0.717) is 18.7 Å². The number of allylic oxidation sites excluding steroid dienone is 4. The summed E-state index contributed by atoms with van der Waals surface area (Å²) in [6, 6.07) is 5.94. The lowest BCUT2D eigenvalue weighted by Crippen LogP contribution is -2.16. The molecule has 0 saturated heterocycles. The van der Waals surface area contributed by atoms with E-state index in [2.05, 4.69) is 9.97 Å². The van der Waals surface area contributed by atoms with Gasteiger partial charge < -0.3 is 4.57 Å². The van der Waals surface area contributed by atoms with E-state index in [9.17, 15) is 10.1 Å². The Hall–Kier alpha value is -3.02. The van der Waals surface area contributed by atoms with Crippen LogP contribution in [0.2, 0.25) is 0 Å². The van der Waals surface area contributed by atoms with Crippen LogP contribution in [0.15, 0.2) is 65.9 Å². The van der Waals surface area contributed by atoms with Gasteiger partial charge >= 0.3 is 0 Å². The van der Waals surface area contributed by atoms with Crippen LogP contribution >= 0.6 is 0 Å². The third-order valence-corrected chi connectivity index (χ3v) is 4.68. The molecule has 0 spiro atoms. The first-order chi connectivity index (χ1) is 13.0. The number of hydrogen-bond acceptors (Lipinski definition) is 4. The average Bonchev–Trinajstić information content (AvgIpc) is 3.11. The van der Waals surface area contributed by atoms with Crippen LogP contribution in [0.1, 0.15) is 44.5 Å². The van der Waals surface area contributed by atoms with E-state index in [0.717, 1.165) is 29.8 Å². The van der Waals surface area contributed by atoms with Crippen molar-refractivity contribution >= 4 is 6.08 Å². The van der Waals surface area contributed by atoms with E-state index in [1.807, 2.05) is 61.0 Å². The largest absolute Gasteiger partial charge is 0.331 e. The summed E-state index contributed by atoms with van der Waals surface area (Å²) in [6.45, 7) is 4.59. The summed E-state index contributed by atoms with van der Waals surface area (Å²) in [5, 5.41) is 11.4. The molecule has 2 aromatic rings. The van der Waals surface area contributed by atoms with Crippen LogP contribution in [-0.2, 0) is 6.54 Å². The van der Waals surface area contributed by atoms with Crippen LogP contribution in [0.4, 0.5) is 0 Å². The van der Waals surface area contributed by atoms with Crippen molar-refractivity contribution < 1.29 is 4.92 Å². The first-order valence-electron chi connectivity index (χ1n) is 9.12. The Morgan fingerprint density at radius 3 is 2.96 bits per heavy atom. The van der Waals surface area contributed by atoms with Crippen molar-refractivity contribution in [2.45, 2.75) is 39.7 Å². The lowest BCUT2D eigenvalue weighted by Gasteiger charge is -2.18. The molecule has 0 fully saturated rings. The Morgan fingerprint density at radius 2 is 2.22 bits per heavy atom. The van der Waals surface area contributed by atoms with Gasteiger partial charge in [0, 0.05) is 18.0 Å². The summed E-state index contributed by atoms with van der Waals surface area (Å²) in [7, 11) is 0. The third kappa shape index (κ3) is 5.00. The highest BCUT2D eigenvalue weighted by Crippen LogP contribution is 2.32. The minimum absolute atomic E-state index is 0.112. The van der Waals surface area contributed by atoms with E-state index < -0.39 is 0 Å². The predicted molar refractivity (Wildman–Crippen MR) is 105 cm³/mol. The standard InChI is InChI=1S/C21H24N4O2/c1-16-12-17(2)21(25(26)27)18(13-16)6-3-4-7-19-8-5-9-20(23-19)14-24-11-10-22-15-24/h4-5,7-11,13,15,18H,3,6,12,14H2,1-2H3/b7-4+. The fraction of sp³-hybridized carbons (Fsp3) is 0.333. The molecule has 0 radical (unpaired) electrons. The minimum Gasteiger partial charge on any atom is -0.331 e. The molecule has 1 atom stereocenters. The fourth-order valence-corrected chi connectivity index (χ4v) is 3.54. The van der Waals surface area contributed by atoms with Crippen LogP contribution in [0.25, 0.3) is 6.08 Å². The minimum atomic E-state index is -0.214. The molecule has 2 aromatic heterocycles. The number of pyridine rings is 1. The van der Waals surface area contributed by atoms with Gasteiger partial charge in [-0.25, -0.2) is 4.98 Å². The van der Waals surface area contributed by atoms with E-state index in [-0.39, 0.29) is 10.8 Å². The molecule has 2 heterocycles. The summed E-state index contributed by atoms with van der Waals surface area (Å²) in [5.74, 6) is -0.112. The molecule has 0 saturated carbocycles. The van der Waals surface area contributed by atoms with Gasteiger partial charge in [0.1, 0.15) is 0 Å². The van der Waals surface area contributed by atoms with E-state index in [1.165, 1.54) is 5.57 Å². The van der Waals surface area contributed by atoms with Gasteiger partial charge in [0.15, 0.2) is 0 Å². The Balaban J connectivity index is 1.61. The van der Waals surface area contributed by atoms with Crippen molar-refractivity contribution in [3.63, 3.8) is 0 Å². The normalized spacial score (nSPS) is 17.4. The number of aromatic nitrogens is 3. The van der Waals surface area contributed by atoms with Crippen molar-refractivity contribution in [3.05, 3.63) is 87.4 Å². The molecule has 1 unspecified atom stereocenters. The lowest BCUT2D eigenvalue weighted by atomic mass is 9.87. The molecule has 140 valence electrons. The molecular weight excluding hydrogens is 340 g/mol. The van der Waals surface area contributed by atoms with Crippen molar-refractivity contribution in [2.24, 2.45) is 5.92 Å². The Morgan fingerprint density at radius 1 is 1.37 bits per heavy atom. The number of hydrogen-bond donors (Lipinski definition) is 0. The molecule has 27 heavy (non-hydrogen) atoms. The first kappa shape index (κ1) is 18.8. The van der Waals surface area contributed by atoms with E-state index in [4.69, 9.17) is 0 Å². The number of nitro groups is 1. The lowest BCUT2D eigenvalue weighted by molar-refractivity contribution is -0.434. The van der Waals surface area contributed by atoms with E-state index in [1.54, 1.807) is 12.5 Å². The second-order valence-corrected chi connectivity index (χ2v) is 6.99. The second kappa shape index (κ2) is 8.58. The SMILES string of the molecule is CC1=CC(CC/C=C/c2cccc(Cn3ccnc3)n2)C([N+](=O)[O-])=C(C)C1. The molecular formula is C21H24N4O2. The zero-order valence-corrected chi connectivity index (χ0v) is 15.7. The molecule has 0 N–H and O–H groups in total. The molecule has 0 aliphatic heterocycles. The van der Waals surface area contributed by atoms with Crippen molar-refractivity contribution in [1.82, 2.24) is 14.5 Å². The smallest absolute Gasteiger partial charge is 0.252 e. The summed E-state index contributed by atoms with van der Waals surface area (Å²) in [4.78, 5) is 19.8. The highest BCUT2D eigenvalue weighted by atomic mass is 16.6. The van der Waals surface area contributed by atoms with Crippen LogP contribution in [0, 0.1) is 16.0 Å². The number of nitrogens with zero attached hydrogens (tertiary/aromatic N) is 4. The molecule has 6 nitrogen and oxygen atoms in total. The molecule has 0 amide bonds. The molecule has 0 aromatic carbocycles. The Bertz CT molecular complexity index is 895. The van der Waals surface area contributed by atoms with Gasteiger partial charge in [-0.05, 0) is 51.3 Å². The van der Waals surface area contributed by atoms with Gasteiger partial charge in [-0.2, -0.15) is 0 Å². The Kier molecular flexibility index (Phi) is 5.96. The zero-order valence-electron chi connectivity index (χ0n) is 15.7. The molecule has 0 bridgehead atoms. The summed E-state index contributed by atoms with van der Waals surface area (Å²) >= 11 is 0. The summed E-state index contributed by atoms with van der Waals surface area (Å²) in [6.07, 6.45) is 13.7. The van der Waals surface area contributed by atoms with Crippen molar-refractivity contribution in [1.29, 1.82) is 0 Å². The first-order valence-corrected chi connectivity index (χ1v) is 9.12. The van der Waals surface area contributed by atoms with E-state index >= 15 is 0 Å². The topological polar surface area (TPSA) is 73.8 Å². The molecule has 1 aliphatic carbocycles. The maximum absolute atomic E-state index is 11.4. The maximum atomic E-state index is 11.4. The summed E-state index contributed by atoms with van der Waals surface area (Å²) < 4.78 is 1.97. The van der Waals surface area contributed by atoms with Gasteiger partial charge in [0.2, 0.25) is 0 Å². The molecule has 3 rings (SSSR count). The van der Waals surface area contributed by atoms with Gasteiger partial charge in [-0.15, -0.1) is 0 Å². The van der Waals surface area contributed by atoms with Crippen molar-refractivity contribution in [3.8, 4) is 0 Å². The molecule has 1 aliphatic rings. The quantitative estimate of drug-likeness (QED) is 0.408. The highest BCUT2D eigenvalue weighted by Gasteiger charge is 2.28. The Labute approximate surface area is 159 Å². The van der Waals surface area contributed by atoms with Gasteiger partial charge in [-0.3, -0.25) is 15.1 Å². The number of imidazole rings is 1. The van der Waals surface area contributed by atoms with Crippen LogP contribution in [0.5, 0.6) is 0 Å². The van der Waals surface area contributed by atoms with Gasteiger partial charge in [-0.1, -0.05) is 23.8 Å². The van der Waals surface area contributed by atoms with Gasteiger partial charge in [0.25, 0.3) is 5.70 Å². The van der Waals surface area contributed by atoms with Crippen molar-refractivity contribution in [2.75, 3.05) is 0 Å². The highest BCUT2D eigenvalue weighted by molar-refractivity contribution is 5.44. The number of rotatable bonds is 7. The fourth-order valence-electron chi connectivity index (χ4n) is 3.54. The average molecular weight is 364 g/mol. The molecule has 6 heteroatoms. The summed E-state index contributed by atoms with van der Waals surface area (Å²) in [5.41, 5.74) is 4.32. The maximum Gasteiger partial charge on any atom is 0.252 e. The zero-order chi connectivity index (χ0) is 19.2. The van der Waals surface area contributed by atoms with Crippen LogP contribution in [-0.4, -0.2) is 19.5 Å². The van der Waals surface area contributed by atoms with Crippen LogP contribution in [0.3, 0.4) is 0 Å². The third-order valence-electron chi connectivity index (χ3n) is 4.68. The monoisotopic (exact) mass is 364 g/mol. The van der Waals surface area contributed by atoms with Gasteiger partial charge in [0.05, 0.1) is 35.1 Å². The second-order valence-electron chi connectivity index (χ2n) is 6.99. The van der Waals surface area contributed by atoms with Crippen LogP contribution < -0.4 is 0 Å². The predicted octanol–water partition coefficient (Wildman–Crippen LogP) is 4.64.